The SMILES string of the molecule is Fc1ccc(Br)cc1Nc1nnns1. The molecular weight excluding hydrogens is 271 g/mol. The van der Waals surface area contributed by atoms with Gasteiger partial charge in [0.2, 0.25) is 5.13 Å². The van der Waals surface area contributed by atoms with Gasteiger partial charge in [0.15, 0.2) is 0 Å². The fourth-order valence-corrected chi connectivity index (χ4v) is 1.63. The molecule has 1 aromatic heterocycles. The van der Waals surface area contributed by atoms with Crippen molar-refractivity contribution in [2.24, 2.45) is 0 Å². The molecule has 7 heteroatoms. The molecule has 0 saturated heterocycles. The Bertz CT molecular complexity index is 433. The lowest BCUT2D eigenvalue weighted by Crippen LogP contribution is -1.93. The summed E-state index contributed by atoms with van der Waals surface area (Å²) in [6.45, 7) is 0. The number of hydrogen-bond acceptors (Lipinski definition) is 5. The molecule has 0 atom stereocenters. The van der Waals surface area contributed by atoms with E-state index in [-0.39, 0.29) is 5.82 Å². The number of nitrogens with one attached hydrogen (secondary N) is 1. The Morgan fingerprint density at radius 1 is 1.43 bits per heavy atom. The maximum Gasteiger partial charge on any atom is 0.229 e. The van der Waals surface area contributed by atoms with Gasteiger partial charge in [-0.1, -0.05) is 25.5 Å². The zero-order valence-electron chi connectivity index (χ0n) is 6.74. The van der Waals surface area contributed by atoms with Gasteiger partial charge in [0, 0.05) is 16.0 Å². The molecule has 2 aromatic rings. The predicted molar refractivity (Wildman–Crippen MR) is 55.1 cm³/mol. The van der Waals surface area contributed by atoms with E-state index in [1.54, 1.807) is 12.1 Å². The molecule has 0 unspecified atom stereocenters. The van der Waals surface area contributed by atoms with E-state index in [0.29, 0.717) is 10.8 Å². The van der Waals surface area contributed by atoms with Gasteiger partial charge in [-0.2, -0.15) is 0 Å². The zero-order valence-corrected chi connectivity index (χ0v) is 9.14. The molecule has 0 aliphatic heterocycles. The van der Waals surface area contributed by atoms with Crippen LogP contribution in [0.5, 0.6) is 0 Å². The number of halogens is 2. The maximum absolute atomic E-state index is 13.2. The molecule has 2 rings (SSSR count). The number of rotatable bonds is 2. The Labute approximate surface area is 91.4 Å². The molecule has 0 spiro atoms. The molecule has 0 saturated carbocycles. The summed E-state index contributed by atoms with van der Waals surface area (Å²) >= 11 is 4.31. The van der Waals surface area contributed by atoms with Gasteiger partial charge >= 0.3 is 0 Å². The van der Waals surface area contributed by atoms with Crippen molar-refractivity contribution in [2.75, 3.05) is 5.32 Å². The van der Waals surface area contributed by atoms with E-state index in [0.717, 1.165) is 16.0 Å². The first-order valence-corrected chi connectivity index (χ1v) is 5.19. The molecule has 0 aliphatic carbocycles. The lowest BCUT2D eigenvalue weighted by molar-refractivity contribution is 0.631. The van der Waals surface area contributed by atoms with Crippen LogP contribution in [0.2, 0.25) is 0 Å². The van der Waals surface area contributed by atoms with E-state index in [2.05, 4.69) is 36.0 Å². The Hall–Kier alpha value is -1.08. The third-order valence-corrected chi connectivity index (χ3v) is 2.47. The third-order valence-electron chi connectivity index (χ3n) is 1.47. The standard InChI is InChI=1S/C7H4BrFN4S/c8-4-1-2-5(9)6(3-4)10-7-11-12-13-14-7/h1-3H,(H,10,11,13). The van der Waals surface area contributed by atoms with E-state index < -0.39 is 0 Å². The fourth-order valence-electron chi connectivity index (χ4n) is 0.890. The van der Waals surface area contributed by atoms with E-state index in [1.807, 2.05) is 0 Å². The molecule has 14 heavy (non-hydrogen) atoms. The van der Waals surface area contributed by atoms with Crippen LogP contribution in [0.25, 0.3) is 0 Å². The Kier molecular flexibility index (Phi) is 2.69. The van der Waals surface area contributed by atoms with Gasteiger partial charge in [-0.05, 0) is 23.4 Å². The fraction of sp³-hybridized carbons (Fsp3) is 0. The van der Waals surface area contributed by atoms with Crippen molar-refractivity contribution in [1.29, 1.82) is 0 Å². The van der Waals surface area contributed by atoms with E-state index in [9.17, 15) is 4.39 Å². The predicted octanol–water partition coefficient (Wildman–Crippen LogP) is 2.58. The molecule has 0 bridgehead atoms. The molecule has 4 nitrogen and oxygen atoms in total. The van der Waals surface area contributed by atoms with Crippen LogP contribution in [0, 0.1) is 5.82 Å². The average Bonchev–Trinajstić information content (AvgIpc) is 2.64. The van der Waals surface area contributed by atoms with E-state index >= 15 is 0 Å². The Morgan fingerprint density at radius 3 is 3.00 bits per heavy atom. The first-order chi connectivity index (χ1) is 6.75. The van der Waals surface area contributed by atoms with Crippen LogP contribution in [0.3, 0.4) is 0 Å². The Balaban J connectivity index is 2.28. The van der Waals surface area contributed by atoms with Crippen molar-refractivity contribution in [3.63, 3.8) is 0 Å². The monoisotopic (exact) mass is 274 g/mol. The first-order valence-electron chi connectivity index (χ1n) is 3.63. The quantitative estimate of drug-likeness (QED) is 0.915. The largest absolute Gasteiger partial charge is 0.326 e. The number of hydrogen-bond donors (Lipinski definition) is 1. The van der Waals surface area contributed by atoms with Gasteiger partial charge in [0.1, 0.15) is 5.82 Å². The molecule has 1 N–H and O–H groups in total. The second kappa shape index (κ2) is 3.97. The summed E-state index contributed by atoms with van der Waals surface area (Å²) in [6, 6.07) is 4.61. The summed E-state index contributed by atoms with van der Waals surface area (Å²) in [5.74, 6) is -0.344. The number of benzene rings is 1. The molecule has 1 aromatic carbocycles. The summed E-state index contributed by atoms with van der Waals surface area (Å²) in [7, 11) is 0. The van der Waals surface area contributed by atoms with Crippen LogP contribution in [-0.4, -0.2) is 14.8 Å². The molecule has 0 radical (unpaired) electrons. The van der Waals surface area contributed by atoms with Crippen LogP contribution in [0.15, 0.2) is 22.7 Å². The van der Waals surface area contributed by atoms with Crippen molar-refractivity contribution in [2.45, 2.75) is 0 Å². The van der Waals surface area contributed by atoms with Crippen molar-refractivity contribution in [3.8, 4) is 0 Å². The normalized spacial score (nSPS) is 10.1. The number of anilines is 2. The summed E-state index contributed by atoms with van der Waals surface area (Å²) in [4.78, 5) is 0. The second-order valence-electron chi connectivity index (χ2n) is 2.42. The molecule has 0 amide bonds. The van der Waals surface area contributed by atoms with Crippen molar-refractivity contribution in [1.82, 2.24) is 14.8 Å². The summed E-state index contributed by atoms with van der Waals surface area (Å²) in [5, 5.41) is 10.3. The zero-order chi connectivity index (χ0) is 9.97. The van der Waals surface area contributed by atoms with Crippen LogP contribution in [0.1, 0.15) is 0 Å². The van der Waals surface area contributed by atoms with Crippen LogP contribution >= 0.6 is 27.5 Å². The summed E-state index contributed by atoms with van der Waals surface area (Å²) in [5.41, 5.74) is 0.345. The molecule has 0 fully saturated rings. The maximum atomic E-state index is 13.2. The molecule has 1 heterocycles. The van der Waals surface area contributed by atoms with Crippen molar-refractivity contribution >= 4 is 38.3 Å². The minimum absolute atomic E-state index is 0.344. The summed E-state index contributed by atoms with van der Waals surface area (Å²) < 4.78 is 17.6. The third kappa shape index (κ3) is 2.05. The molecule has 72 valence electrons. The smallest absolute Gasteiger partial charge is 0.229 e. The highest BCUT2D eigenvalue weighted by molar-refractivity contribution is 9.10. The van der Waals surface area contributed by atoms with Crippen LogP contribution in [0.4, 0.5) is 15.2 Å². The van der Waals surface area contributed by atoms with Gasteiger partial charge in [-0.3, -0.25) is 0 Å². The van der Waals surface area contributed by atoms with E-state index in [1.165, 1.54) is 6.07 Å². The number of aromatic nitrogens is 3. The molecular formula is C7H4BrFN4S. The van der Waals surface area contributed by atoms with Gasteiger partial charge < -0.3 is 5.32 Å². The highest BCUT2D eigenvalue weighted by Crippen LogP contribution is 2.23. The van der Waals surface area contributed by atoms with Crippen molar-refractivity contribution < 1.29 is 4.39 Å². The topological polar surface area (TPSA) is 50.7 Å². The highest BCUT2D eigenvalue weighted by atomic mass is 79.9. The van der Waals surface area contributed by atoms with Gasteiger partial charge in [-0.15, -0.1) is 0 Å². The summed E-state index contributed by atoms with van der Waals surface area (Å²) in [6.07, 6.45) is 0. The van der Waals surface area contributed by atoms with Gasteiger partial charge in [0.05, 0.1) is 5.69 Å². The second-order valence-corrected chi connectivity index (χ2v) is 4.06. The Morgan fingerprint density at radius 2 is 2.29 bits per heavy atom. The van der Waals surface area contributed by atoms with Crippen LogP contribution < -0.4 is 5.32 Å². The lowest BCUT2D eigenvalue weighted by Gasteiger charge is -2.02. The minimum Gasteiger partial charge on any atom is -0.326 e. The average molecular weight is 275 g/mol. The first kappa shape index (κ1) is 9.47. The van der Waals surface area contributed by atoms with Gasteiger partial charge in [0.25, 0.3) is 0 Å². The number of nitrogens with zero attached hydrogens (tertiary/aromatic N) is 3. The minimum atomic E-state index is -0.344. The van der Waals surface area contributed by atoms with Crippen LogP contribution in [-0.2, 0) is 0 Å². The van der Waals surface area contributed by atoms with E-state index in [4.69, 9.17) is 0 Å². The highest BCUT2D eigenvalue weighted by Gasteiger charge is 2.04. The van der Waals surface area contributed by atoms with Crippen molar-refractivity contribution in [3.05, 3.63) is 28.5 Å². The molecule has 0 aliphatic rings. The lowest BCUT2D eigenvalue weighted by atomic mass is 10.3. The van der Waals surface area contributed by atoms with Gasteiger partial charge in [-0.25, -0.2) is 4.39 Å².